The summed E-state index contributed by atoms with van der Waals surface area (Å²) in [6, 6.07) is 0. The third-order valence-corrected chi connectivity index (χ3v) is 23.5. The third kappa shape index (κ3) is 12.1. The van der Waals surface area contributed by atoms with Crippen LogP contribution in [0.1, 0.15) is 128 Å². The zero-order chi connectivity index (χ0) is 68.0. The summed E-state index contributed by atoms with van der Waals surface area (Å²) in [6.07, 6.45) is -32.0. The van der Waals surface area contributed by atoms with Crippen LogP contribution in [-0.2, 0) is 66.5 Å². The molecular weight excluding hydrogens is 1220 g/mol. The highest BCUT2D eigenvalue weighted by Gasteiger charge is 2.74. The minimum atomic E-state index is -2.14. The number of carboxylic acid groups (broad SMARTS) is 2. The monoisotopic (exact) mass is 1310 g/mol. The fraction of sp³-hybridized carbons (Fsp3) is 0.844. The van der Waals surface area contributed by atoms with E-state index in [9.17, 15) is 85.6 Å². The van der Waals surface area contributed by atoms with Crippen LogP contribution in [0.3, 0.4) is 0 Å². The average molecular weight is 1320 g/mol. The van der Waals surface area contributed by atoms with Crippen LogP contribution >= 0.6 is 0 Å². The van der Waals surface area contributed by atoms with Crippen molar-refractivity contribution in [2.75, 3.05) is 19.8 Å². The standard InChI is InChI=1S/C64H98O28/c1-13-26(3)52(78)86-44-28(5)82-56(43(75)46(44)87-53(79)27(4)14-2)91-49-50(92-58(80)81)64(25-67)30(21-59(49,6)7)29-15-16-34-61(10)19-18-36(60(8,9)33(61)17-20-62(34,11)63(29,12)22-35(64)68)85-57-48(90-55-41(73)39(71)37(69)31(23-65)83-55)45(42(74)47(89-57)51(76)77)88-54-40(72)38(70)32(24-66)84-54/h13-15,28,30-50,54-57,65-75H,16-25H2,1-12H3,(H,76,77)(H,80,81)/b26-13-,27-14-/t28?,30?,31?,32?,33?,34?,35-,36+,37?,38?,39?,40?,41?,42?,43?,44?,45?,46?,47?,48?,49+,50-,54?,55?,56?,57?,61+,62-,63+,64+/m1/s1. The molecule has 4 heterocycles. The Kier molecular flexibility index (Phi) is 21.1. The molecule has 28 heteroatoms. The first-order chi connectivity index (χ1) is 43.0. The number of esters is 2. The number of ether oxygens (including phenoxy) is 11. The predicted octanol–water partition coefficient (Wildman–Crippen LogP) is 0.846. The van der Waals surface area contributed by atoms with Gasteiger partial charge in [0.2, 0.25) is 0 Å². The third-order valence-electron chi connectivity index (χ3n) is 23.5. The van der Waals surface area contributed by atoms with Gasteiger partial charge in [-0.1, -0.05) is 72.3 Å². The number of allylic oxidation sites excluding steroid dienone is 4. The molecule has 30 atom stereocenters. The molecule has 4 saturated heterocycles. The number of carboxylic acids is 1. The van der Waals surface area contributed by atoms with Crippen LogP contribution < -0.4 is 0 Å². The van der Waals surface area contributed by atoms with Gasteiger partial charge in [0.05, 0.1) is 43.5 Å². The van der Waals surface area contributed by atoms with Crippen molar-refractivity contribution >= 4 is 24.1 Å². The Balaban J connectivity index is 1.01. The maximum atomic E-state index is 13.4. The summed E-state index contributed by atoms with van der Waals surface area (Å²) < 4.78 is 67.1. The summed E-state index contributed by atoms with van der Waals surface area (Å²) >= 11 is 0. The molecule has 4 aliphatic heterocycles. The second-order valence-electron chi connectivity index (χ2n) is 29.1. The van der Waals surface area contributed by atoms with Crippen LogP contribution in [0.15, 0.2) is 34.9 Å². The number of carbonyl (C=O) groups is 4. The first-order valence-corrected chi connectivity index (χ1v) is 32.0. The molecule has 9 rings (SSSR count). The molecule has 4 saturated carbocycles. The van der Waals surface area contributed by atoms with Crippen LogP contribution in [-0.4, -0.2) is 251 Å². The smallest absolute Gasteiger partial charge is 0.479 e. The molecular formula is C64H98O28. The second kappa shape index (κ2) is 26.9. The van der Waals surface area contributed by atoms with Gasteiger partial charge in [0.15, 0.2) is 43.5 Å². The predicted molar refractivity (Wildman–Crippen MR) is 313 cm³/mol. The molecule has 28 nitrogen and oxygen atoms in total. The maximum absolute atomic E-state index is 13.4. The lowest BCUT2D eigenvalue weighted by Gasteiger charge is -2.72. The Bertz CT molecular complexity index is 2790. The Morgan fingerprint density at radius 1 is 0.587 bits per heavy atom. The lowest BCUT2D eigenvalue weighted by molar-refractivity contribution is -0.386. The van der Waals surface area contributed by atoms with Crippen LogP contribution in [0.2, 0.25) is 0 Å². The Hall–Kier alpha value is -3.86. The first-order valence-electron chi connectivity index (χ1n) is 32.0. The molecule has 13 N–H and O–H groups in total. The van der Waals surface area contributed by atoms with Gasteiger partial charge >= 0.3 is 24.1 Å². The molecule has 0 amide bonds. The van der Waals surface area contributed by atoms with Crippen LogP contribution in [0.25, 0.3) is 0 Å². The molecule has 92 heavy (non-hydrogen) atoms. The van der Waals surface area contributed by atoms with Gasteiger partial charge in [-0.2, -0.15) is 0 Å². The molecule has 0 aromatic heterocycles. The van der Waals surface area contributed by atoms with E-state index in [2.05, 4.69) is 26.8 Å². The van der Waals surface area contributed by atoms with E-state index >= 15 is 0 Å². The van der Waals surface area contributed by atoms with Gasteiger partial charge in [0.1, 0.15) is 79.4 Å². The number of hydrogen-bond donors (Lipinski definition) is 13. The highest BCUT2D eigenvalue weighted by molar-refractivity contribution is 5.88. The molecule has 522 valence electrons. The van der Waals surface area contributed by atoms with Crippen molar-refractivity contribution < 1.29 is 138 Å². The second-order valence-corrected chi connectivity index (χ2v) is 29.1. The van der Waals surface area contributed by atoms with E-state index in [-0.39, 0.29) is 35.8 Å². The number of rotatable bonds is 17. The Labute approximate surface area is 534 Å². The van der Waals surface area contributed by atoms with E-state index in [0.717, 1.165) is 5.57 Å². The van der Waals surface area contributed by atoms with Crippen LogP contribution in [0.4, 0.5) is 4.79 Å². The van der Waals surface area contributed by atoms with Crippen molar-refractivity contribution in [3.05, 3.63) is 34.9 Å². The van der Waals surface area contributed by atoms with Gasteiger partial charge in [0, 0.05) is 11.1 Å². The number of fused-ring (bicyclic) bond motifs is 7. The summed E-state index contributed by atoms with van der Waals surface area (Å²) in [6.45, 7) is 19.7. The molecule has 0 aromatic rings. The van der Waals surface area contributed by atoms with E-state index in [0.29, 0.717) is 32.1 Å². The molecule has 0 bridgehead atoms. The summed E-state index contributed by atoms with van der Waals surface area (Å²) in [5.41, 5.74) is -4.12. The van der Waals surface area contributed by atoms with E-state index in [1.54, 1.807) is 13.8 Å². The number of aliphatic hydroxyl groups is 11. The Morgan fingerprint density at radius 3 is 1.70 bits per heavy atom. The van der Waals surface area contributed by atoms with Gasteiger partial charge in [-0.25, -0.2) is 19.2 Å². The lowest BCUT2D eigenvalue weighted by atomic mass is 9.33. The molecule has 9 aliphatic rings. The van der Waals surface area contributed by atoms with Gasteiger partial charge in [-0.05, 0) is 124 Å². The fourth-order valence-corrected chi connectivity index (χ4v) is 17.9. The van der Waals surface area contributed by atoms with Gasteiger partial charge in [-0.15, -0.1) is 0 Å². The van der Waals surface area contributed by atoms with E-state index in [1.165, 1.54) is 32.9 Å². The number of carbonyl (C=O) groups excluding carboxylic acids is 2. The fourth-order valence-electron chi connectivity index (χ4n) is 17.9. The summed E-state index contributed by atoms with van der Waals surface area (Å²) in [5, 5.41) is 144. The van der Waals surface area contributed by atoms with Gasteiger partial charge < -0.3 is 118 Å². The van der Waals surface area contributed by atoms with E-state index < -0.39 is 223 Å². The minimum absolute atomic E-state index is 0.0448. The molecule has 22 unspecified atom stereocenters. The normalized spacial score (nSPS) is 48.4. The topological polar surface area (TPSA) is 433 Å². The van der Waals surface area contributed by atoms with E-state index in [4.69, 9.17) is 52.1 Å². The number of aliphatic carboxylic acids is 1. The first kappa shape index (κ1) is 72.4. The van der Waals surface area contributed by atoms with E-state index in [1.807, 2.05) is 27.7 Å². The van der Waals surface area contributed by atoms with Crippen LogP contribution in [0, 0.1) is 50.2 Å². The SMILES string of the molecule is C/C=C(/C)C(=O)OC1C(C)OC(O[C@H]2[C@@H](OC(=O)O)[C@@]3(CO)C(CC2(C)C)C2=CCC4[C@@]5(C)CC[C@H](OC6OC(C(=O)O)C(O)C(OC7OC(CO)C(O)C7O)C6OC6OC(CO)C(O)C(O)C6O)C(C)(C)C5CC[C@@]4(C)[C@@]2(C)C[C@H]3O)C(O)C1OC(=O)/C(C)=C\C. The van der Waals surface area contributed by atoms with Crippen LogP contribution in [0.5, 0.6) is 0 Å². The molecule has 0 aromatic carbocycles. The summed E-state index contributed by atoms with van der Waals surface area (Å²) in [5.74, 6) is -4.18. The maximum Gasteiger partial charge on any atom is 0.506 e. The highest BCUT2D eigenvalue weighted by Crippen LogP contribution is 2.76. The van der Waals surface area contributed by atoms with Crippen molar-refractivity contribution in [3.63, 3.8) is 0 Å². The van der Waals surface area contributed by atoms with Crippen molar-refractivity contribution in [3.8, 4) is 0 Å². The minimum Gasteiger partial charge on any atom is -0.479 e. The van der Waals surface area contributed by atoms with Crippen molar-refractivity contribution in [2.45, 2.75) is 269 Å². The van der Waals surface area contributed by atoms with Crippen molar-refractivity contribution in [2.24, 2.45) is 50.2 Å². The average Bonchev–Trinajstić information content (AvgIpc) is 0.726. The molecule has 5 aliphatic carbocycles. The lowest BCUT2D eigenvalue weighted by Crippen LogP contribution is -2.73. The van der Waals surface area contributed by atoms with Gasteiger partial charge in [-0.3, -0.25) is 0 Å². The number of hydrogen-bond acceptors (Lipinski definition) is 26. The van der Waals surface area contributed by atoms with Gasteiger partial charge in [0.25, 0.3) is 0 Å². The summed E-state index contributed by atoms with van der Waals surface area (Å²) in [7, 11) is 0. The molecule has 0 radical (unpaired) electrons. The Morgan fingerprint density at radius 2 is 1.14 bits per heavy atom. The largest absolute Gasteiger partial charge is 0.506 e. The zero-order valence-electron chi connectivity index (χ0n) is 54.3. The molecule has 8 fully saturated rings. The molecule has 0 spiro atoms. The summed E-state index contributed by atoms with van der Waals surface area (Å²) in [4.78, 5) is 52.5. The van der Waals surface area contributed by atoms with Crippen molar-refractivity contribution in [1.82, 2.24) is 0 Å². The van der Waals surface area contributed by atoms with Crippen molar-refractivity contribution in [1.29, 1.82) is 0 Å². The quantitative estimate of drug-likeness (QED) is 0.0315. The highest BCUT2D eigenvalue weighted by atomic mass is 16.8. The zero-order valence-corrected chi connectivity index (χ0v) is 54.3. The number of aliphatic hydroxyl groups excluding tert-OH is 11.